The van der Waals surface area contributed by atoms with E-state index >= 15 is 0 Å². The van der Waals surface area contributed by atoms with Gasteiger partial charge in [0.1, 0.15) is 23.9 Å². The molecule has 0 unspecified atom stereocenters. The highest BCUT2D eigenvalue weighted by Gasteiger charge is 2.24. The van der Waals surface area contributed by atoms with Crippen LogP contribution in [0, 0.1) is 12.7 Å². The van der Waals surface area contributed by atoms with Crippen molar-refractivity contribution in [2.75, 3.05) is 44.6 Å². The molecular formula is C29H35FN4O3. The van der Waals surface area contributed by atoms with Crippen molar-refractivity contribution in [2.45, 2.75) is 32.7 Å². The summed E-state index contributed by atoms with van der Waals surface area (Å²) in [5.74, 6) is 0.887. The van der Waals surface area contributed by atoms with Crippen molar-refractivity contribution in [3.63, 3.8) is 0 Å². The zero-order valence-electron chi connectivity index (χ0n) is 21.4. The molecule has 0 saturated carbocycles. The Kier molecular flexibility index (Phi) is 9.32. The number of nitrogens with zero attached hydrogens (tertiary/aromatic N) is 3. The third-order valence-electron chi connectivity index (χ3n) is 6.58. The van der Waals surface area contributed by atoms with Crippen LogP contribution in [0.1, 0.15) is 29.9 Å². The van der Waals surface area contributed by atoms with Gasteiger partial charge >= 0.3 is 6.03 Å². The number of nitrogens with one attached hydrogen (secondary N) is 1. The van der Waals surface area contributed by atoms with Crippen molar-refractivity contribution in [3.05, 3.63) is 89.6 Å². The fraction of sp³-hybridized carbons (Fsp3) is 0.379. The first-order valence-corrected chi connectivity index (χ1v) is 12.9. The second-order valence-electron chi connectivity index (χ2n) is 9.47. The van der Waals surface area contributed by atoms with Crippen LogP contribution in [0.4, 0.5) is 14.9 Å². The van der Waals surface area contributed by atoms with Crippen LogP contribution in [0.5, 0.6) is 0 Å². The minimum atomic E-state index is -0.432. The van der Waals surface area contributed by atoms with Gasteiger partial charge in [-0.15, -0.1) is 0 Å². The van der Waals surface area contributed by atoms with Crippen LogP contribution in [0.25, 0.3) is 0 Å². The molecule has 4 rings (SSSR count). The van der Waals surface area contributed by atoms with Crippen molar-refractivity contribution in [1.82, 2.24) is 14.7 Å². The Morgan fingerprint density at radius 1 is 0.973 bits per heavy atom. The summed E-state index contributed by atoms with van der Waals surface area (Å²) in [6.45, 7) is 5.69. The number of urea groups is 1. The number of likely N-dealkylation sites (tertiary alicyclic amines) is 1. The van der Waals surface area contributed by atoms with E-state index in [0.717, 1.165) is 37.3 Å². The van der Waals surface area contributed by atoms with Crippen molar-refractivity contribution in [3.8, 4) is 0 Å². The van der Waals surface area contributed by atoms with E-state index < -0.39 is 11.8 Å². The minimum Gasteiger partial charge on any atom is -0.464 e. The summed E-state index contributed by atoms with van der Waals surface area (Å²) >= 11 is 0. The molecule has 0 atom stereocenters. The summed E-state index contributed by atoms with van der Waals surface area (Å²) in [6, 6.07) is 19.1. The number of hydrogen-bond donors (Lipinski definition) is 1. The maximum Gasteiger partial charge on any atom is 0.322 e. The second-order valence-corrected chi connectivity index (χ2v) is 9.47. The summed E-state index contributed by atoms with van der Waals surface area (Å²) in [5.41, 5.74) is 1.49. The van der Waals surface area contributed by atoms with E-state index in [9.17, 15) is 14.0 Å². The van der Waals surface area contributed by atoms with E-state index in [4.69, 9.17) is 4.42 Å². The Morgan fingerprint density at radius 2 is 1.76 bits per heavy atom. The molecule has 196 valence electrons. The van der Waals surface area contributed by atoms with Crippen molar-refractivity contribution in [1.29, 1.82) is 0 Å². The fourth-order valence-electron chi connectivity index (χ4n) is 4.51. The average molecular weight is 507 g/mol. The van der Waals surface area contributed by atoms with Crippen LogP contribution in [-0.2, 0) is 17.8 Å². The van der Waals surface area contributed by atoms with Gasteiger partial charge in [-0.3, -0.25) is 4.79 Å². The van der Waals surface area contributed by atoms with Gasteiger partial charge < -0.3 is 24.4 Å². The number of amides is 3. The van der Waals surface area contributed by atoms with E-state index in [0.29, 0.717) is 44.0 Å². The number of furan rings is 1. The lowest BCUT2D eigenvalue weighted by atomic mass is 10.1. The molecule has 7 nitrogen and oxygen atoms in total. The highest BCUT2D eigenvalue weighted by atomic mass is 19.1. The van der Waals surface area contributed by atoms with Gasteiger partial charge in [-0.1, -0.05) is 36.4 Å². The van der Waals surface area contributed by atoms with Gasteiger partial charge in [0.15, 0.2) is 0 Å². The number of aryl methyl sites for hydroxylation is 1. The molecule has 1 fully saturated rings. The monoisotopic (exact) mass is 506 g/mol. The third-order valence-corrected chi connectivity index (χ3v) is 6.58. The van der Waals surface area contributed by atoms with Gasteiger partial charge in [-0.25, -0.2) is 9.18 Å². The predicted octanol–water partition coefficient (Wildman–Crippen LogP) is 4.93. The van der Waals surface area contributed by atoms with Crippen LogP contribution in [-0.4, -0.2) is 65.9 Å². The van der Waals surface area contributed by atoms with Crippen LogP contribution in [0.2, 0.25) is 0 Å². The zero-order chi connectivity index (χ0) is 26.0. The lowest BCUT2D eigenvalue weighted by molar-refractivity contribution is -0.132. The van der Waals surface area contributed by atoms with Gasteiger partial charge in [0.05, 0.1) is 6.54 Å². The first-order chi connectivity index (χ1) is 18.0. The smallest absolute Gasteiger partial charge is 0.322 e. The van der Waals surface area contributed by atoms with E-state index in [2.05, 4.69) is 10.2 Å². The SMILES string of the molecule is Cc1ccc(CN(CCc2ccccc2)C(=O)CN(CCN2CCCC2)C(=O)Nc2cccc(F)c2)o1. The Hall–Kier alpha value is -3.65. The first-order valence-electron chi connectivity index (χ1n) is 12.9. The number of carbonyl (C=O) groups is 2. The lowest BCUT2D eigenvalue weighted by Crippen LogP contribution is -2.47. The van der Waals surface area contributed by atoms with Gasteiger partial charge in [0.2, 0.25) is 5.91 Å². The van der Waals surface area contributed by atoms with Crippen molar-refractivity contribution in [2.24, 2.45) is 0 Å². The molecule has 1 saturated heterocycles. The first kappa shape index (κ1) is 26.4. The quantitative estimate of drug-likeness (QED) is 0.401. The van der Waals surface area contributed by atoms with E-state index in [1.54, 1.807) is 17.0 Å². The number of carbonyl (C=O) groups excluding carboxylic acids is 2. The molecule has 37 heavy (non-hydrogen) atoms. The predicted molar refractivity (Wildman–Crippen MR) is 142 cm³/mol. The van der Waals surface area contributed by atoms with Gasteiger partial charge in [-0.05, 0) is 75.2 Å². The molecule has 0 bridgehead atoms. The largest absolute Gasteiger partial charge is 0.464 e. The number of anilines is 1. The zero-order valence-corrected chi connectivity index (χ0v) is 21.4. The van der Waals surface area contributed by atoms with Crippen molar-refractivity contribution >= 4 is 17.6 Å². The van der Waals surface area contributed by atoms with Gasteiger partial charge in [0.25, 0.3) is 0 Å². The maximum atomic E-state index is 13.7. The topological polar surface area (TPSA) is 69.0 Å². The molecule has 8 heteroatoms. The molecule has 3 amide bonds. The van der Waals surface area contributed by atoms with Crippen LogP contribution >= 0.6 is 0 Å². The second kappa shape index (κ2) is 13.1. The Labute approximate surface area is 217 Å². The Balaban J connectivity index is 1.47. The van der Waals surface area contributed by atoms with E-state index in [1.165, 1.54) is 17.0 Å². The standard InChI is InChI=1S/C29H35FN4O3/c1-23-12-13-27(37-23)21-33(17-14-24-8-3-2-4-9-24)28(35)22-34(19-18-32-15-5-6-16-32)29(36)31-26-11-7-10-25(30)20-26/h2-4,7-13,20H,5-6,14-19,21-22H2,1H3,(H,31,36). The molecule has 1 N–H and O–H groups in total. The summed E-state index contributed by atoms with van der Waals surface area (Å²) < 4.78 is 19.4. The minimum absolute atomic E-state index is 0.0799. The summed E-state index contributed by atoms with van der Waals surface area (Å²) in [5, 5.41) is 2.75. The van der Waals surface area contributed by atoms with Crippen LogP contribution in [0.15, 0.2) is 71.1 Å². The lowest BCUT2D eigenvalue weighted by Gasteiger charge is -2.29. The molecule has 0 radical (unpaired) electrons. The number of benzene rings is 2. The van der Waals surface area contributed by atoms with Crippen LogP contribution in [0.3, 0.4) is 0 Å². The van der Waals surface area contributed by atoms with E-state index in [-0.39, 0.29) is 12.5 Å². The van der Waals surface area contributed by atoms with Crippen molar-refractivity contribution < 1.29 is 18.4 Å². The molecule has 1 aliphatic rings. The molecule has 2 heterocycles. The molecule has 0 spiro atoms. The maximum absolute atomic E-state index is 13.7. The molecular weight excluding hydrogens is 471 g/mol. The van der Waals surface area contributed by atoms with Crippen LogP contribution < -0.4 is 5.32 Å². The molecule has 2 aromatic carbocycles. The number of hydrogen-bond acceptors (Lipinski definition) is 4. The average Bonchev–Trinajstić information content (AvgIpc) is 3.56. The normalized spacial score (nSPS) is 13.5. The summed E-state index contributed by atoms with van der Waals surface area (Å²) in [4.78, 5) is 32.4. The van der Waals surface area contributed by atoms with E-state index in [1.807, 2.05) is 49.4 Å². The molecule has 3 aromatic rings. The summed E-state index contributed by atoms with van der Waals surface area (Å²) in [7, 11) is 0. The van der Waals surface area contributed by atoms with Gasteiger partial charge in [0, 0.05) is 25.3 Å². The fourth-order valence-corrected chi connectivity index (χ4v) is 4.51. The number of halogens is 1. The number of rotatable bonds is 11. The Bertz CT molecular complexity index is 1160. The highest BCUT2D eigenvalue weighted by Crippen LogP contribution is 2.14. The molecule has 1 aliphatic heterocycles. The highest BCUT2D eigenvalue weighted by molar-refractivity contribution is 5.92. The van der Waals surface area contributed by atoms with Gasteiger partial charge in [-0.2, -0.15) is 0 Å². The molecule has 1 aromatic heterocycles. The summed E-state index contributed by atoms with van der Waals surface area (Å²) in [6.07, 6.45) is 2.98. The Morgan fingerprint density at radius 3 is 2.46 bits per heavy atom. The molecule has 0 aliphatic carbocycles. The third kappa shape index (κ3) is 8.18.